The van der Waals surface area contributed by atoms with Crippen molar-refractivity contribution >= 4 is 39.4 Å². The van der Waals surface area contributed by atoms with E-state index in [0.29, 0.717) is 29.4 Å². The average molecular weight is 605 g/mol. The highest BCUT2D eigenvalue weighted by Crippen LogP contribution is 2.32. The second kappa shape index (κ2) is 14.6. The number of ether oxygens (including phenoxy) is 2. The van der Waals surface area contributed by atoms with E-state index in [1.807, 2.05) is 0 Å². The van der Waals surface area contributed by atoms with E-state index in [1.54, 1.807) is 73.7 Å². The van der Waals surface area contributed by atoms with Gasteiger partial charge in [0.1, 0.15) is 23.9 Å². The Labute approximate surface area is 248 Å². The molecule has 4 rings (SSSR count). The number of hydrazone groups is 1. The summed E-state index contributed by atoms with van der Waals surface area (Å²) in [6, 6.07) is 26.3. The first-order valence-corrected chi connectivity index (χ1v) is 14.6. The summed E-state index contributed by atoms with van der Waals surface area (Å²) in [4.78, 5) is 25.0. The van der Waals surface area contributed by atoms with Gasteiger partial charge in [-0.25, -0.2) is 18.2 Å². The van der Waals surface area contributed by atoms with Crippen molar-refractivity contribution in [3.63, 3.8) is 0 Å². The van der Waals surface area contributed by atoms with Crippen LogP contribution < -0.4 is 24.5 Å². The zero-order valence-corrected chi connectivity index (χ0v) is 24.0. The molecule has 4 aromatic carbocycles. The molecule has 12 heteroatoms. The number of amides is 2. The molecule has 10 nitrogen and oxygen atoms in total. The maximum atomic E-state index is 13.6. The lowest BCUT2D eigenvalue weighted by molar-refractivity contribution is -0.119. The van der Waals surface area contributed by atoms with Crippen LogP contribution in [0.15, 0.2) is 113 Å². The van der Waals surface area contributed by atoms with Gasteiger partial charge in [0.15, 0.2) is 6.61 Å². The fourth-order valence-corrected chi connectivity index (χ4v) is 5.29. The zero-order valence-electron chi connectivity index (χ0n) is 23.1. The van der Waals surface area contributed by atoms with E-state index in [0.717, 1.165) is 4.31 Å². The first-order valence-electron chi connectivity index (χ1n) is 13.2. The number of para-hydroxylation sites is 2. The Kier molecular flexibility index (Phi) is 10.4. The lowest BCUT2D eigenvalue weighted by Crippen LogP contribution is -2.39. The fourth-order valence-electron chi connectivity index (χ4n) is 3.83. The quantitative estimate of drug-likeness (QED) is 0.170. The molecule has 0 aliphatic rings. The molecular weight excluding hydrogens is 575 g/mol. The number of carbonyl (C=O) groups is 2. The van der Waals surface area contributed by atoms with E-state index < -0.39 is 34.2 Å². The monoisotopic (exact) mass is 604 g/mol. The third-order valence-corrected chi connectivity index (χ3v) is 7.61. The van der Waals surface area contributed by atoms with Crippen molar-refractivity contribution in [2.24, 2.45) is 5.10 Å². The highest BCUT2D eigenvalue weighted by Gasteiger charge is 2.29. The number of sulfonamides is 1. The number of hydrogen-bond acceptors (Lipinski definition) is 7. The number of nitrogens with one attached hydrogen (secondary N) is 2. The molecule has 0 heterocycles. The first-order chi connectivity index (χ1) is 20.8. The lowest BCUT2D eigenvalue weighted by Gasteiger charge is -2.25. The molecule has 0 unspecified atom stereocenters. The van der Waals surface area contributed by atoms with Gasteiger partial charge in [-0.3, -0.25) is 13.9 Å². The summed E-state index contributed by atoms with van der Waals surface area (Å²) >= 11 is 0. The van der Waals surface area contributed by atoms with Gasteiger partial charge in [0.2, 0.25) is 0 Å². The van der Waals surface area contributed by atoms with Gasteiger partial charge in [-0.15, -0.1) is 0 Å². The van der Waals surface area contributed by atoms with Crippen LogP contribution in [0.2, 0.25) is 0 Å². The van der Waals surface area contributed by atoms with Crippen LogP contribution in [-0.4, -0.2) is 46.2 Å². The molecule has 0 spiro atoms. The largest absolute Gasteiger partial charge is 0.492 e. The third-order valence-electron chi connectivity index (χ3n) is 5.83. The summed E-state index contributed by atoms with van der Waals surface area (Å²) in [5, 5.41) is 6.55. The number of hydrogen-bond donors (Lipinski definition) is 2. The van der Waals surface area contributed by atoms with Gasteiger partial charge >= 0.3 is 0 Å². The predicted molar refractivity (Wildman–Crippen MR) is 161 cm³/mol. The van der Waals surface area contributed by atoms with E-state index in [9.17, 15) is 22.4 Å². The number of anilines is 2. The molecule has 0 saturated carbocycles. The van der Waals surface area contributed by atoms with E-state index >= 15 is 0 Å². The van der Waals surface area contributed by atoms with Crippen molar-refractivity contribution in [2.75, 3.05) is 29.4 Å². The van der Waals surface area contributed by atoms with E-state index in [1.165, 1.54) is 42.6 Å². The topological polar surface area (TPSA) is 126 Å². The van der Waals surface area contributed by atoms with Gasteiger partial charge in [0, 0.05) is 5.69 Å². The minimum Gasteiger partial charge on any atom is -0.492 e. The van der Waals surface area contributed by atoms with Crippen LogP contribution in [0.4, 0.5) is 15.8 Å². The molecule has 2 amide bonds. The summed E-state index contributed by atoms with van der Waals surface area (Å²) in [5.74, 6) is -0.749. The molecule has 2 N–H and O–H groups in total. The maximum Gasteiger partial charge on any atom is 0.264 e. The molecule has 43 heavy (non-hydrogen) atoms. The summed E-state index contributed by atoms with van der Waals surface area (Å²) in [5.41, 5.74) is 3.64. The molecule has 0 aromatic heterocycles. The minimum atomic E-state index is -4.12. The second-order valence-electron chi connectivity index (χ2n) is 8.93. The number of halogens is 1. The number of rotatable bonds is 13. The van der Waals surface area contributed by atoms with Crippen molar-refractivity contribution in [2.45, 2.75) is 11.8 Å². The van der Waals surface area contributed by atoms with E-state index in [2.05, 4.69) is 15.8 Å². The summed E-state index contributed by atoms with van der Waals surface area (Å²) in [6.45, 7) is 1.28. The minimum absolute atomic E-state index is 0.0212. The average Bonchev–Trinajstić information content (AvgIpc) is 3.01. The molecule has 0 radical (unpaired) electrons. The van der Waals surface area contributed by atoms with Gasteiger partial charge in [-0.1, -0.05) is 30.3 Å². The smallest absolute Gasteiger partial charge is 0.264 e. The van der Waals surface area contributed by atoms with Gasteiger partial charge in [-0.05, 0) is 85.3 Å². The molecule has 0 fully saturated rings. The Bertz CT molecular complexity index is 1670. The van der Waals surface area contributed by atoms with Crippen LogP contribution >= 0.6 is 0 Å². The van der Waals surface area contributed by atoms with Crippen molar-refractivity contribution in [3.8, 4) is 11.5 Å². The molecule has 4 aromatic rings. The van der Waals surface area contributed by atoms with Crippen molar-refractivity contribution in [1.82, 2.24) is 5.43 Å². The van der Waals surface area contributed by atoms with Crippen molar-refractivity contribution in [1.29, 1.82) is 0 Å². The molecule has 0 aliphatic carbocycles. The Morgan fingerprint density at radius 2 is 1.53 bits per heavy atom. The van der Waals surface area contributed by atoms with Crippen molar-refractivity contribution in [3.05, 3.63) is 115 Å². The highest BCUT2D eigenvalue weighted by atomic mass is 32.2. The SMILES string of the molecule is CCOc1ccccc1N(CC(=O)N/N=C\c1ccc(OCC(=O)Nc2ccc(F)cc2)cc1)S(=O)(=O)c1ccccc1. The number of carbonyl (C=O) groups excluding carboxylic acids is 2. The Morgan fingerprint density at radius 3 is 2.23 bits per heavy atom. The summed E-state index contributed by atoms with van der Waals surface area (Å²) in [6.07, 6.45) is 1.38. The Balaban J connectivity index is 1.37. The van der Waals surface area contributed by atoms with E-state index in [-0.39, 0.29) is 17.2 Å². The highest BCUT2D eigenvalue weighted by molar-refractivity contribution is 7.92. The second-order valence-corrected chi connectivity index (χ2v) is 10.8. The van der Waals surface area contributed by atoms with Crippen LogP contribution in [0.1, 0.15) is 12.5 Å². The van der Waals surface area contributed by atoms with Crippen molar-refractivity contribution < 1.29 is 31.9 Å². The number of benzene rings is 4. The molecule has 0 saturated heterocycles. The predicted octanol–water partition coefficient (Wildman–Crippen LogP) is 4.59. The van der Waals surface area contributed by atoms with Gasteiger partial charge in [0.05, 0.1) is 23.4 Å². The maximum absolute atomic E-state index is 13.6. The first kappa shape index (κ1) is 30.7. The standard InChI is InChI=1S/C31H29FN4O6S/c1-2-41-29-11-7-6-10-28(29)36(43(39,40)27-8-4-3-5-9-27)21-30(37)35-33-20-23-12-18-26(19-13-23)42-22-31(38)34-25-16-14-24(32)15-17-25/h3-20H,2,21-22H2,1H3,(H,34,38)(H,35,37)/b33-20-. The van der Waals surface area contributed by atoms with Gasteiger partial charge < -0.3 is 14.8 Å². The normalized spacial score (nSPS) is 11.1. The molecule has 0 aliphatic heterocycles. The fraction of sp³-hybridized carbons (Fsp3) is 0.129. The summed E-state index contributed by atoms with van der Waals surface area (Å²) in [7, 11) is -4.12. The van der Waals surface area contributed by atoms with E-state index in [4.69, 9.17) is 9.47 Å². The van der Waals surface area contributed by atoms with Gasteiger partial charge in [-0.2, -0.15) is 5.10 Å². The third kappa shape index (κ3) is 8.63. The molecule has 0 bridgehead atoms. The molecular formula is C31H29FN4O6S. The van der Waals surface area contributed by atoms with Crippen LogP contribution in [0.3, 0.4) is 0 Å². The summed E-state index contributed by atoms with van der Waals surface area (Å²) < 4.78 is 52.2. The number of nitrogens with zero attached hydrogens (tertiary/aromatic N) is 2. The van der Waals surface area contributed by atoms with Crippen LogP contribution in [0.5, 0.6) is 11.5 Å². The zero-order chi connectivity index (χ0) is 30.7. The lowest BCUT2D eigenvalue weighted by atomic mass is 10.2. The Hall–Kier alpha value is -5.23. The van der Waals surface area contributed by atoms with Gasteiger partial charge in [0.25, 0.3) is 21.8 Å². The Morgan fingerprint density at radius 1 is 0.860 bits per heavy atom. The van der Waals surface area contributed by atoms with Crippen LogP contribution in [0, 0.1) is 5.82 Å². The van der Waals surface area contributed by atoms with Crippen LogP contribution in [-0.2, 0) is 19.6 Å². The molecule has 0 atom stereocenters. The molecule has 222 valence electrons. The van der Waals surface area contributed by atoms with Crippen LogP contribution in [0.25, 0.3) is 0 Å².